The van der Waals surface area contributed by atoms with Crippen LogP contribution in [0.3, 0.4) is 0 Å². The summed E-state index contributed by atoms with van der Waals surface area (Å²) in [7, 11) is 3.28. The Morgan fingerprint density at radius 3 is 2.92 bits per heavy atom. The highest BCUT2D eigenvalue weighted by molar-refractivity contribution is 8.05. The van der Waals surface area contributed by atoms with Gasteiger partial charge in [-0.1, -0.05) is 42.1 Å². The number of amides is 1. The maximum absolute atomic E-state index is 12.5. The van der Waals surface area contributed by atoms with Crippen LogP contribution in [0.1, 0.15) is 12.0 Å². The number of carboxylic acid groups (broad SMARTS) is 1. The molecule has 7 heteroatoms. The number of carbonyl (C=O) groups is 2. The molecule has 1 aromatic rings. The quantitative estimate of drug-likeness (QED) is 0.825. The number of likely N-dealkylation sites (N-methyl/N-ethyl adjacent to an activating group) is 1. The van der Waals surface area contributed by atoms with Crippen molar-refractivity contribution in [3.8, 4) is 5.75 Å². The van der Waals surface area contributed by atoms with E-state index in [2.05, 4.69) is 4.99 Å². The highest BCUT2D eigenvalue weighted by Crippen LogP contribution is 2.37. The van der Waals surface area contributed by atoms with Crippen LogP contribution < -0.4 is 4.74 Å². The molecule has 134 valence electrons. The zero-order valence-corrected chi connectivity index (χ0v) is 15.2. The van der Waals surface area contributed by atoms with Gasteiger partial charge >= 0.3 is 5.97 Å². The van der Waals surface area contributed by atoms with Crippen molar-refractivity contribution in [2.24, 2.45) is 4.99 Å². The van der Waals surface area contributed by atoms with Crippen molar-refractivity contribution < 1.29 is 19.4 Å². The minimum atomic E-state index is -0.956. The summed E-state index contributed by atoms with van der Waals surface area (Å²) in [6.07, 6.45) is 7.04. The Hall–Kier alpha value is -2.80. The molecule has 0 spiro atoms. The molecule has 1 unspecified atom stereocenters. The van der Waals surface area contributed by atoms with Gasteiger partial charge in [-0.05, 0) is 18.2 Å². The fourth-order valence-corrected chi connectivity index (χ4v) is 3.73. The standard InChI is InChI=1S/C19H18N2O4S/c1-21-17(22)16(11-12-6-3-4-9-15(12)25-2)26-19(21)20-14-8-5-7-13(10-14)18(23)24/h3-9,11,19H,10H2,1-2H3,(H,23,24). The summed E-state index contributed by atoms with van der Waals surface area (Å²) in [5, 5.41) is 9.12. The van der Waals surface area contributed by atoms with E-state index in [4.69, 9.17) is 9.84 Å². The Bertz CT molecular complexity index is 870. The number of hydrogen-bond acceptors (Lipinski definition) is 5. The number of rotatable bonds is 4. The van der Waals surface area contributed by atoms with Crippen LogP contribution in [0.4, 0.5) is 0 Å². The molecule has 2 aliphatic rings. The summed E-state index contributed by atoms with van der Waals surface area (Å²) in [4.78, 5) is 30.3. The van der Waals surface area contributed by atoms with Gasteiger partial charge in [0, 0.05) is 30.3 Å². The lowest BCUT2D eigenvalue weighted by molar-refractivity contribution is -0.132. The van der Waals surface area contributed by atoms with Crippen molar-refractivity contribution >= 4 is 35.4 Å². The molecule has 3 rings (SSSR count). The number of ether oxygens (including phenoxy) is 1. The predicted octanol–water partition coefficient (Wildman–Crippen LogP) is 2.94. The Balaban J connectivity index is 1.82. The van der Waals surface area contributed by atoms with E-state index in [9.17, 15) is 9.59 Å². The van der Waals surface area contributed by atoms with E-state index >= 15 is 0 Å². The van der Waals surface area contributed by atoms with E-state index in [1.54, 1.807) is 43.4 Å². The minimum Gasteiger partial charge on any atom is -0.496 e. The van der Waals surface area contributed by atoms with E-state index in [0.717, 1.165) is 5.56 Å². The van der Waals surface area contributed by atoms with Gasteiger partial charge in [0.2, 0.25) is 0 Å². The molecule has 1 aromatic carbocycles. The number of carboxylic acids is 1. The lowest BCUT2D eigenvalue weighted by atomic mass is 10.0. The Morgan fingerprint density at radius 1 is 1.42 bits per heavy atom. The monoisotopic (exact) mass is 370 g/mol. The van der Waals surface area contributed by atoms with Gasteiger partial charge in [-0.15, -0.1) is 0 Å². The smallest absolute Gasteiger partial charge is 0.331 e. The lowest BCUT2D eigenvalue weighted by Crippen LogP contribution is -2.27. The summed E-state index contributed by atoms with van der Waals surface area (Å²) >= 11 is 1.34. The maximum atomic E-state index is 12.5. The molecule has 6 nitrogen and oxygen atoms in total. The van der Waals surface area contributed by atoms with Crippen LogP contribution in [0.5, 0.6) is 5.75 Å². The third kappa shape index (κ3) is 3.72. The molecule has 1 fully saturated rings. The average molecular weight is 370 g/mol. The van der Waals surface area contributed by atoms with Crippen LogP contribution in [0.15, 0.2) is 58.0 Å². The SMILES string of the molecule is COc1ccccc1C=C1SC(N=C2C=CC=C(C(=O)O)C2)N(C)C1=O. The van der Waals surface area contributed by atoms with Crippen LogP contribution >= 0.6 is 11.8 Å². The summed E-state index contributed by atoms with van der Waals surface area (Å²) in [5.41, 5.74) is 1.33. The second-order valence-electron chi connectivity index (χ2n) is 5.76. The molecule has 1 saturated heterocycles. The number of para-hydroxylation sites is 1. The largest absolute Gasteiger partial charge is 0.496 e. The fourth-order valence-electron chi connectivity index (χ4n) is 2.62. The molecule has 1 aliphatic carbocycles. The molecule has 1 aliphatic heterocycles. The minimum absolute atomic E-state index is 0.121. The van der Waals surface area contributed by atoms with E-state index < -0.39 is 11.5 Å². The van der Waals surface area contributed by atoms with Gasteiger partial charge in [-0.3, -0.25) is 9.79 Å². The first-order valence-electron chi connectivity index (χ1n) is 7.95. The number of aliphatic imine (C=N–C) groups is 1. The van der Waals surface area contributed by atoms with Gasteiger partial charge in [0.1, 0.15) is 5.75 Å². The molecule has 1 atom stereocenters. The fraction of sp³-hybridized carbons (Fsp3) is 0.211. The summed E-state index contributed by atoms with van der Waals surface area (Å²) in [5.74, 6) is -0.386. The number of nitrogens with zero attached hydrogens (tertiary/aromatic N) is 2. The van der Waals surface area contributed by atoms with Gasteiger partial charge in [0.05, 0.1) is 12.0 Å². The number of hydrogen-bond donors (Lipinski definition) is 1. The molecule has 0 bridgehead atoms. The first-order chi connectivity index (χ1) is 12.5. The average Bonchev–Trinajstić information content (AvgIpc) is 2.90. The molecule has 1 amide bonds. The molecule has 1 N–H and O–H groups in total. The van der Waals surface area contributed by atoms with Gasteiger partial charge < -0.3 is 14.7 Å². The lowest BCUT2D eigenvalue weighted by Gasteiger charge is -2.16. The summed E-state index contributed by atoms with van der Waals surface area (Å²) < 4.78 is 5.32. The number of allylic oxidation sites excluding steroid dienone is 3. The van der Waals surface area contributed by atoms with Crippen LogP contribution in [-0.4, -0.2) is 47.2 Å². The molecular weight excluding hydrogens is 352 g/mol. The van der Waals surface area contributed by atoms with E-state index in [1.165, 1.54) is 11.8 Å². The summed E-state index contributed by atoms with van der Waals surface area (Å²) in [6.45, 7) is 0. The third-order valence-electron chi connectivity index (χ3n) is 4.03. The second-order valence-corrected chi connectivity index (χ2v) is 6.86. The van der Waals surface area contributed by atoms with Crippen LogP contribution in [-0.2, 0) is 9.59 Å². The van der Waals surface area contributed by atoms with Crippen LogP contribution in [0.25, 0.3) is 6.08 Å². The van der Waals surface area contributed by atoms with Crippen molar-refractivity contribution in [2.75, 3.05) is 14.2 Å². The molecule has 1 heterocycles. The van der Waals surface area contributed by atoms with Crippen molar-refractivity contribution in [2.45, 2.75) is 11.9 Å². The van der Waals surface area contributed by atoms with Crippen LogP contribution in [0, 0.1) is 0 Å². The van der Waals surface area contributed by atoms with Crippen molar-refractivity contribution in [3.05, 3.63) is 58.5 Å². The van der Waals surface area contributed by atoms with E-state index in [-0.39, 0.29) is 17.9 Å². The second kappa shape index (κ2) is 7.61. The van der Waals surface area contributed by atoms with Gasteiger partial charge in [-0.2, -0.15) is 0 Å². The van der Waals surface area contributed by atoms with Crippen molar-refractivity contribution in [3.63, 3.8) is 0 Å². The Morgan fingerprint density at radius 2 is 2.19 bits per heavy atom. The molecule has 0 saturated carbocycles. The molecule has 0 aromatic heterocycles. The number of aliphatic carboxylic acids is 1. The Labute approximate surface area is 155 Å². The molecular formula is C19H18N2O4S. The maximum Gasteiger partial charge on any atom is 0.331 e. The summed E-state index contributed by atoms with van der Waals surface area (Å²) in [6, 6.07) is 7.47. The highest BCUT2D eigenvalue weighted by Gasteiger charge is 2.33. The zero-order valence-electron chi connectivity index (χ0n) is 14.4. The number of methoxy groups -OCH3 is 1. The molecule has 0 radical (unpaired) electrons. The van der Waals surface area contributed by atoms with Crippen molar-refractivity contribution in [1.29, 1.82) is 0 Å². The number of benzene rings is 1. The third-order valence-corrected chi connectivity index (χ3v) is 5.21. The normalized spacial score (nSPS) is 22.8. The first-order valence-corrected chi connectivity index (χ1v) is 8.83. The number of carbonyl (C=O) groups excluding carboxylic acids is 1. The highest BCUT2D eigenvalue weighted by atomic mass is 32.2. The van der Waals surface area contributed by atoms with Crippen LogP contribution in [0.2, 0.25) is 0 Å². The van der Waals surface area contributed by atoms with E-state index in [1.807, 2.05) is 24.3 Å². The Kier molecular flexibility index (Phi) is 5.27. The number of thioether (sulfide) groups is 1. The van der Waals surface area contributed by atoms with Gasteiger partial charge in [0.25, 0.3) is 5.91 Å². The van der Waals surface area contributed by atoms with Gasteiger partial charge in [0.15, 0.2) is 5.50 Å². The molecule has 26 heavy (non-hydrogen) atoms. The topological polar surface area (TPSA) is 79.2 Å². The van der Waals surface area contributed by atoms with E-state index in [0.29, 0.717) is 16.4 Å². The van der Waals surface area contributed by atoms with Crippen molar-refractivity contribution in [1.82, 2.24) is 4.90 Å². The first kappa shape index (κ1) is 18.0. The predicted molar refractivity (Wildman–Crippen MR) is 102 cm³/mol. The van der Waals surface area contributed by atoms with Gasteiger partial charge in [-0.25, -0.2) is 4.79 Å². The zero-order chi connectivity index (χ0) is 18.7.